The molecule has 0 aromatic carbocycles. The lowest BCUT2D eigenvalue weighted by molar-refractivity contribution is -0.159. The Hall–Kier alpha value is -2.16. The SMILES string of the molecule is COCCOC(=O)C(C)(C)CC(C(=O)O)C(C)C(=O)NCCC(=O)O. The molecule has 0 rings (SSSR count). The normalized spacial score (nSPS) is 13.6. The Kier molecular flexibility index (Phi) is 9.73. The lowest BCUT2D eigenvalue weighted by Gasteiger charge is -2.28. The van der Waals surface area contributed by atoms with Gasteiger partial charge in [0.1, 0.15) is 6.61 Å². The number of aliphatic carboxylic acids is 2. The highest BCUT2D eigenvalue weighted by Gasteiger charge is 2.39. The van der Waals surface area contributed by atoms with Crippen LogP contribution in [0.1, 0.15) is 33.6 Å². The second-order valence-electron chi connectivity index (χ2n) is 6.38. The van der Waals surface area contributed by atoms with Crippen molar-refractivity contribution in [3.63, 3.8) is 0 Å². The Bertz CT molecular complexity index is 489. The zero-order valence-electron chi connectivity index (χ0n) is 15.0. The molecule has 0 aromatic rings. The van der Waals surface area contributed by atoms with E-state index in [1.54, 1.807) is 13.8 Å². The van der Waals surface area contributed by atoms with Gasteiger partial charge in [-0.25, -0.2) is 0 Å². The zero-order chi connectivity index (χ0) is 19.6. The maximum atomic E-state index is 12.1. The van der Waals surface area contributed by atoms with E-state index in [0.717, 1.165) is 0 Å². The Morgan fingerprint density at radius 2 is 1.72 bits per heavy atom. The highest BCUT2D eigenvalue weighted by Crippen LogP contribution is 2.31. The number of carbonyl (C=O) groups is 4. The van der Waals surface area contributed by atoms with Crippen molar-refractivity contribution in [2.24, 2.45) is 17.3 Å². The molecule has 0 spiro atoms. The molecule has 2 atom stereocenters. The standard InChI is InChI=1S/C16H27NO8/c1-10(13(20)17-6-5-12(18)19)11(14(21)22)9-16(2,3)15(23)25-8-7-24-4/h10-11H,5-9H2,1-4H3,(H,17,20)(H,18,19)(H,21,22). The van der Waals surface area contributed by atoms with Gasteiger partial charge in [-0.2, -0.15) is 0 Å². The second-order valence-corrected chi connectivity index (χ2v) is 6.38. The maximum absolute atomic E-state index is 12.1. The predicted octanol–water partition coefficient (Wildman–Crippen LogP) is 0.520. The second kappa shape index (κ2) is 10.7. The Labute approximate surface area is 146 Å². The summed E-state index contributed by atoms with van der Waals surface area (Å²) in [6.07, 6.45) is -0.352. The third-order valence-electron chi connectivity index (χ3n) is 3.78. The number of methoxy groups -OCH3 is 1. The molecule has 25 heavy (non-hydrogen) atoms. The molecule has 0 saturated heterocycles. The summed E-state index contributed by atoms with van der Waals surface area (Å²) in [6.45, 7) is 4.73. The number of ether oxygens (including phenoxy) is 2. The average molecular weight is 361 g/mol. The molecule has 0 aliphatic carbocycles. The monoisotopic (exact) mass is 361 g/mol. The first-order valence-electron chi connectivity index (χ1n) is 7.91. The fourth-order valence-corrected chi connectivity index (χ4v) is 2.16. The lowest BCUT2D eigenvalue weighted by Crippen LogP contribution is -2.40. The van der Waals surface area contributed by atoms with Crippen LogP contribution in [-0.4, -0.2) is 60.9 Å². The van der Waals surface area contributed by atoms with E-state index in [-0.39, 0.29) is 32.6 Å². The zero-order valence-corrected chi connectivity index (χ0v) is 15.0. The van der Waals surface area contributed by atoms with Crippen molar-refractivity contribution in [2.75, 3.05) is 26.9 Å². The average Bonchev–Trinajstić information content (AvgIpc) is 2.51. The Morgan fingerprint density at radius 1 is 1.12 bits per heavy atom. The van der Waals surface area contributed by atoms with Gasteiger partial charge in [-0.1, -0.05) is 6.92 Å². The molecule has 1 amide bonds. The van der Waals surface area contributed by atoms with Crippen LogP contribution in [0, 0.1) is 17.3 Å². The molecule has 144 valence electrons. The predicted molar refractivity (Wildman–Crippen MR) is 86.8 cm³/mol. The summed E-state index contributed by atoms with van der Waals surface area (Å²) < 4.78 is 9.82. The summed E-state index contributed by atoms with van der Waals surface area (Å²) in [6, 6.07) is 0. The third-order valence-corrected chi connectivity index (χ3v) is 3.78. The molecule has 0 fully saturated rings. The van der Waals surface area contributed by atoms with Gasteiger partial charge in [0.05, 0.1) is 24.4 Å². The number of rotatable bonds is 12. The highest BCUT2D eigenvalue weighted by molar-refractivity contribution is 5.85. The summed E-state index contributed by atoms with van der Waals surface area (Å²) >= 11 is 0. The molecule has 0 aromatic heterocycles. The van der Waals surface area contributed by atoms with Crippen LogP contribution in [0.3, 0.4) is 0 Å². The first-order chi connectivity index (χ1) is 11.5. The highest BCUT2D eigenvalue weighted by atomic mass is 16.6. The van der Waals surface area contributed by atoms with Gasteiger partial charge in [0.15, 0.2) is 0 Å². The van der Waals surface area contributed by atoms with Gasteiger partial charge in [-0.15, -0.1) is 0 Å². The fourth-order valence-electron chi connectivity index (χ4n) is 2.16. The van der Waals surface area contributed by atoms with Crippen LogP contribution in [0.2, 0.25) is 0 Å². The molecule has 0 aliphatic heterocycles. The van der Waals surface area contributed by atoms with Gasteiger partial charge >= 0.3 is 17.9 Å². The molecule has 2 unspecified atom stereocenters. The Morgan fingerprint density at radius 3 is 2.20 bits per heavy atom. The van der Waals surface area contributed by atoms with Gasteiger partial charge < -0.3 is 25.0 Å². The molecule has 0 radical (unpaired) electrons. The minimum absolute atomic E-state index is 0.0573. The maximum Gasteiger partial charge on any atom is 0.311 e. The molecule has 0 bridgehead atoms. The van der Waals surface area contributed by atoms with Gasteiger partial charge in [0, 0.05) is 19.6 Å². The van der Waals surface area contributed by atoms with Crippen LogP contribution in [0.25, 0.3) is 0 Å². The molecule has 0 aliphatic rings. The van der Waals surface area contributed by atoms with Crippen LogP contribution >= 0.6 is 0 Å². The number of carboxylic acids is 2. The molecular weight excluding hydrogens is 334 g/mol. The lowest BCUT2D eigenvalue weighted by atomic mass is 9.77. The van der Waals surface area contributed by atoms with Gasteiger partial charge in [-0.05, 0) is 20.3 Å². The van der Waals surface area contributed by atoms with Crippen molar-refractivity contribution in [3.8, 4) is 0 Å². The summed E-state index contributed by atoms with van der Waals surface area (Å²) in [4.78, 5) is 46.1. The molecule has 9 nitrogen and oxygen atoms in total. The summed E-state index contributed by atoms with van der Waals surface area (Å²) in [5.41, 5.74) is -1.10. The van der Waals surface area contributed by atoms with Crippen molar-refractivity contribution in [1.29, 1.82) is 0 Å². The number of esters is 1. The van der Waals surface area contributed by atoms with Crippen LogP contribution in [0.4, 0.5) is 0 Å². The van der Waals surface area contributed by atoms with Crippen molar-refractivity contribution in [2.45, 2.75) is 33.6 Å². The molecule has 0 saturated carbocycles. The van der Waals surface area contributed by atoms with Crippen molar-refractivity contribution < 1.29 is 38.9 Å². The van der Waals surface area contributed by atoms with Gasteiger partial charge in [0.25, 0.3) is 0 Å². The Balaban J connectivity index is 4.86. The number of amides is 1. The minimum Gasteiger partial charge on any atom is -0.481 e. The number of carbonyl (C=O) groups excluding carboxylic acids is 2. The largest absolute Gasteiger partial charge is 0.481 e. The fraction of sp³-hybridized carbons (Fsp3) is 0.750. The number of hydrogen-bond donors (Lipinski definition) is 3. The van der Waals surface area contributed by atoms with E-state index in [2.05, 4.69) is 5.32 Å². The van der Waals surface area contributed by atoms with Crippen molar-refractivity contribution in [3.05, 3.63) is 0 Å². The van der Waals surface area contributed by atoms with Crippen molar-refractivity contribution in [1.82, 2.24) is 5.32 Å². The summed E-state index contributed by atoms with van der Waals surface area (Å²) in [5, 5.41) is 20.4. The number of carboxylic acid groups (broad SMARTS) is 2. The van der Waals surface area contributed by atoms with Crippen molar-refractivity contribution >= 4 is 23.8 Å². The minimum atomic E-state index is -1.21. The van der Waals surface area contributed by atoms with Crippen LogP contribution in [0.15, 0.2) is 0 Å². The van der Waals surface area contributed by atoms with Crippen LogP contribution in [0.5, 0.6) is 0 Å². The van der Waals surface area contributed by atoms with E-state index < -0.39 is 41.1 Å². The first kappa shape index (κ1) is 22.8. The quantitative estimate of drug-likeness (QED) is 0.338. The summed E-state index contributed by atoms with van der Waals surface area (Å²) in [5.74, 6) is -5.47. The van der Waals surface area contributed by atoms with Crippen LogP contribution in [-0.2, 0) is 28.7 Å². The van der Waals surface area contributed by atoms with E-state index in [9.17, 15) is 24.3 Å². The molecule has 0 heterocycles. The molecule has 3 N–H and O–H groups in total. The molecule has 9 heteroatoms. The molecular formula is C16H27NO8. The van der Waals surface area contributed by atoms with Crippen LogP contribution < -0.4 is 5.32 Å². The van der Waals surface area contributed by atoms with Gasteiger partial charge in [-0.3, -0.25) is 19.2 Å². The first-order valence-corrected chi connectivity index (χ1v) is 7.91. The van der Waals surface area contributed by atoms with E-state index in [1.165, 1.54) is 14.0 Å². The number of nitrogens with one attached hydrogen (secondary N) is 1. The van der Waals surface area contributed by atoms with E-state index in [0.29, 0.717) is 0 Å². The van der Waals surface area contributed by atoms with E-state index >= 15 is 0 Å². The smallest absolute Gasteiger partial charge is 0.311 e. The van der Waals surface area contributed by atoms with E-state index in [1.807, 2.05) is 0 Å². The van der Waals surface area contributed by atoms with E-state index in [4.69, 9.17) is 14.6 Å². The van der Waals surface area contributed by atoms with Gasteiger partial charge in [0.2, 0.25) is 5.91 Å². The number of hydrogen-bond acceptors (Lipinski definition) is 6. The topological polar surface area (TPSA) is 139 Å². The third kappa shape index (κ3) is 8.48. The summed E-state index contributed by atoms with van der Waals surface area (Å²) in [7, 11) is 1.46.